The van der Waals surface area contributed by atoms with Crippen molar-refractivity contribution in [2.24, 2.45) is 0 Å². The Bertz CT molecular complexity index is 1260. The first-order chi connectivity index (χ1) is 13.9. The van der Waals surface area contributed by atoms with Gasteiger partial charge in [0.25, 0.3) is 5.91 Å². The summed E-state index contributed by atoms with van der Waals surface area (Å²) in [5.41, 5.74) is 1.19. The molecule has 4 rings (SSSR count). The first-order valence-electron chi connectivity index (χ1n) is 8.86. The molecule has 0 saturated carbocycles. The standard InChI is InChI=1S/C21H17NO6S/c23-20(22-16-9-10-29(25,26)13-16)12-27-17-7-5-14(6-8-17)18-11-15-3-1-2-4-19(15)28-21(18)24/h1-11,16H,12-13H2,(H,22,23)/t16-/m0/s1. The molecule has 0 fully saturated rings. The number of benzene rings is 2. The minimum absolute atomic E-state index is 0.137. The number of nitrogens with one attached hydrogen (secondary N) is 1. The Morgan fingerprint density at radius 3 is 2.62 bits per heavy atom. The van der Waals surface area contributed by atoms with E-state index in [1.165, 1.54) is 6.08 Å². The van der Waals surface area contributed by atoms with E-state index in [2.05, 4.69) is 5.32 Å². The highest BCUT2D eigenvalue weighted by Crippen LogP contribution is 2.23. The lowest BCUT2D eigenvalue weighted by Gasteiger charge is -2.11. The Labute approximate surface area is 166 Å². The molecule has 0 spiro atoms. The first kappa shape index (κ1) is 18.9. The molecule has 148 valence electrons. The van der Waals surface area contributed by atoms with Gasteiger partial charge < -0.3 is 14.5 Å². The number of amides is 1. The highest BCUT2D eigenvalue weighted by Gasteiger charge is 2.23. The largest absolute Gasteiger partial charge is 0.484 e. The second kappa shape index (κ2) is 7.56. The normalized spacial score (nSPS) is 17.3. The van der Waals surface area contributed by atoms with E-state index in [1.807, 2.05) is 12.1 Å². The van der Waals surface area contributed by atoms with E-state index in [-0.39, 0.29) is 12.4 Å². The molecule has 7 nitrogen and oxygen atoms in total. The monoisotopic (exact) mass is 411 g/mol. The summed E-state index contributed by atoms with van der Waals surface area (Å²) >= 11 is 0. The first-order valence-corrected chi connectivity index (χ1v) is 10.6. The van der Waals surface area contributed by atoms with E-state index < -0.39 is 27.4 Å². The Morgan fingerprint density at radius 2 is 1.90 bits per heavy atom. The number of hydrogen-bond donors (Lipinski definition) is 1. The van der Waals surface area contributed by atoms with Crippen molar-refractivity contribution < 1.29 is 22.4 Å². The average molecular weight is 411 g/mol. The van der Waals surface area contributed by atoms with E-state index in [4.69, 9.17) is 9.15 Å². The van der Waals surface area contributed by atoms with Crippen LogP contribution in [0.1, 0.15) is 0 Å². The number of ether oxygens (including phenoxy) is 1. The summed E-state index contributed by atoms with van der Waals surface area (Å²) in [6.07, 6.45) is 1.44. The van der Waals surface area contributed by atoms with Gasteiger partial charge in [-0.1, -0.05) is 30.3 Å². The zero-order valence-corrected chi connectivity index (χ0v) is 16.0. The number of fused-ring (bicyclic) bond motifs is 1. The summed E-state index contributed by atoms with van der Waals surface area (Å²) in [5.74, 6) is -0.110. The number of hydrogen-bond acceptors (Lipinski definition) is 6. The molecular formula is C21H17NO6S. The number of carbonyl (C=O) groups excluding carboxylic acids is 1. The number of rotatable bonds is 5. The molecular weight excluding hydrogens is 394 g/mol. The third kappa shape index (κ3) is 4.38. The third-order valence-electron chi connectivity index (χ3n) is 4.45. The maximum Gasteiger partial charge on any atom is 0.344 e. The predicted molar refractivity (Wildman–Crippen MR) is 108 cm³/mol. The molecule has 8 heteroatoms. The van der Waals surface area contributed by atoms with Gasteiger partial charge in [-0.3, -0.25) is 4.79 Å². The Hall–Kier alpha value is -3.39. The molecule has 1 aliphatic rings. The van der Waals surface area contributed by atoms with Crippen LogP contribution in [0.5, 0.6) is 5.75 Å². The number of sulfone groups is 1. The van der Waals surface area contributed by atoms with Gasteiger partial charge >= 0.3 is 5.63 Å². The van der Waals surface area contributed by atoms with Crippen molar-refractivity contribution in [1.82, 2.24) is 5.32 Å². The lowest BCUT2D eigenvalue weighted by atomic mass is 10.1. The van der Waals surface area contributed by atoms with Crippen LogP contribution in [0.15, 0.2) is 75.3 Å². The predicted octanol–water partition coefficient (Wildman–Crippen LogP) is 2.27. The van der Waals surface area contributed by atoms with Gasteiger partial charge in [-0.2, -0.15) is 0 Å². The fourth-order valence-corrected chi connectivity index (χ4v) is 4.29. The molecule has 2 aromatic carbocycles. The Kier molecular flexibility index (Phi) is 4.94. The van der Waals surface area contributed by atoms with E-state index in [0.717, 1.165) is 10.8 Å². The van der Waals surface area contributed by atoms with Crippen LogP contribution >= 0.6 is 0 Å². The van der Waals surface area contributed by atoms with Crippen molar-refractivity contribution in [3.8, 4) is 16.9 Å². The molecule has 29 heavy (non-hydrogen) atoms. The molecule has 1 N–H and O–H groups in total. The summed E-state index contributed by atoms with van der Waals surface area (Å²) in [4.78, 5) is 24.2. The minimum Gasteiger partial charge on any atom is -0.484 e. The van der Waals surface area contributed by atoms with Crippen molar-refractivity contribution in [3.63, 3.8) is 0 Å². The van der Waals surface area contributed by atoms with Crippen molar-refractivity contribution in [1.29, 1.82) is 0 Å². The van der Waals surface area contributed by atoms with Gasteiger partial charge in [0.15, 0.2) is 16.4 Å². The van der Waals surface area contributed by atoms with Gasteiger partial charge in [0.1, 0.15) is 11.3 Å². The van der Waals surface area contributed by atoms with Crippen LogP contribution < -0.4 is 15.7 Å². The molecule has 1 amide bonds. The molecule has 3 aromatic rings. The molecule has 1 atom stereocenters. The van der Waals surface area contributed by atoms with Gasteiger partial charge in [0.2, 0.25) is 0 Å². The molecule has 0 unspecified atom stereocenters. The summed E-state index contributed by atoms with van der Waals surface area (Å²) in [7, 11) is -3.23. The van der Waals surface area contributed by atoms with Gasteiger partial charge in [-0.15, -0.1) is 0 Å². The van der Waals surface area contributed by atoms with Crippen LogP contribution in [-0.4, -0.2) is 32.7 Å². The second-order valence-electron chi connectivity index (χ2n) is 6.63. The Balaban J connectivity index is 1.41. The zero-order chi connectivity index (χ0) is 20.4. The molecule has 0 saturated heterocycles. The van der Waals surface area contributed by atoms with E-state index in [1.54, 1.807) is 42.5 Å². The van der Waals surface area contributed by atoms with E-state index in [0.29, 0.717) is 22.5 Å². The maximum absolute atomic E-state index is 12.2. The lowest BCUT2D eigenvalue weighted by molar-refractivity contribution is -0.123. The highest BCUT2D eigenvalue weighted by atomic mass is 32.2. The van der Waals surface area contributed by atoms with Gasteiger partial charge in [0.05, 0.1) is 17.4 Å². The molecule has 2 heterocycles. The number of carbonyl (C=O) groups is 1. The molecule has 1 aromatic heterocycles. The zero-order valence-electron chi connectivity index (χ0n) is 15.2. The van der Waals surface area contributed by atoms with E-state index >= 15 is 0 Å². The maximum atomic E-state index is 12.2. The summed E-state index contributed by atoms with van der Waals surface area (Å²) in [6, 6.07) is 15.2. The van der Waals surface area contributed by atoms with Crippen LogP contribution in [-0.2, 0) is 14.6 Å². The van der Waals surface area contributed by atoms with Crippen LogP contribution in [0, 0.1) is 0 Å². The van der Waals surface area contributed by atoms with Crippen LogP contribution in [0.2, 0.25) is 0 Å². The van der Waals surface area contributed by atoms with Crippen molar-refractivity contribution in [2.45, 2.75) is 6.04 Å². The SMILES string of the molecule is O=C(COc1ccc(-c2cc3ccccc3oc2=O)cc1)N[C@H]1C=CS(=O)(=O)C1. The minimum atomic E-state index is -3.23. The van der Waals surface area contributed by atoms with Crippen molar-refractivity contribution >= 4 is 26.7 Å². The number of para-hydroxylation sites is 1. The topological polar surface area (TPSA) is 103 Å². The quantitative estimate of drug-likeness (QED) is 0.646. The Morgan fingerprint density at radius 1 is 1.14 bits per heavy atom. The summed E-state index contributed by atoms with van der Waals surface area (Å²) in [5, 5.41) is 4.50. The average Bonchev–Trinajstić information content (AvgIpc) is 3.04. The fourth-order valence-electron chi connectivity index (χ4n) is 3.06. The molecule has 0 radical (unpaired) electrons. The second-order valence-corrected chi connectivity index (χ2v) is 8.56. The van der Waals surface area contributed by atoms with Gasteiger partial charge in [-0.25, -0.2) is 13.2 Å². The van der Waals surface area contributed by atoms with Crippen LogP contribution in [0.3, 0.4) is 0 Å². The lowest BCUT2D eigenvalue weighted by Crippen LogP contribution is -2.38. The van der Waals surface area contributed by atoms with Crippen LogP contribution in [0.4, 0.5) is 0 Å². The summed E-state index contributed by atoms with van der Waals surface area (Å²) < 4.78 is 33.5. The fraction of sp³-hybridized carbons (Fsp3) is 0.143. The third-order valence-corrected chi connectivity index (χ3v) is 5.85. The molecule has 0 aliphatic carbocycles. The van der Waals surface area contributed by atoms with Crippen molar-refractivity contribution in [3.05, 3.63) is 76.5 Å². The molecule has 0 bridgehead atoms. The molecule has 1 aliphatic heterocycles. The summed E-state index contributed by atoms with van der Waals surface area (Å²) in [6.45, 7) is -0.248. The smallest absolute Gasteiger partial charge is 0.344 e. The van der Waals surface area contributed by atoms with Gasteiger partial charge in [0, 0.05) is 10.8 Å². The van der Waals surface area contributed by atoms with Crippen molar-refractivity contribution in [2.75, 3.05) is 12.4 Å². The van der Waals surface area contributed by atoms with E-state index in [9.17, 15) is 18.0 Å². The highest BCUT2D eigenvalue weighted by molar-refractivity contribution is 7.94. The van der Waals surface area contributed by atoms with Gasteiger partial charge in [-0.05, 0) is 35.9 Å². The van der Waals surface area contributed by atoms with Crippen LogP contribution in [0.25, 0.3) is 22.1 Å².